The van der Waals surface area contributed by atoms with Crippen LogP contribution in [0, 0.1) is 0 Å². The van der Waals surface area contributed by atoms with E-state index < -0.39 is 6.16 Å². The molecule has 2 aromatic carbocycles. The molecule has 1 aliphatic rings. The number of hydrogen-bond acceptors (Lipinski definition) is 7. The molecule has 164 valence electrons. The zero-order valence-corrected chi connectivity index (χ0v) is 17.1. The highest BCUT2D eigenvalue weighted by Gasteiger charge is 2.24. The van der Waals surface area contributed by atoms with Crippen LogP contribution in [-0.2, 0) is 4.74 Å². The number of aromatic hydroxyl groups is 2. The average molecular weight is 428 g/mol. The third kappa shape index (κ3) is 5.65. The van der Waals surface area contributed by atoms with Crippen LogP contribution in [-0.4, -0.2) is 70.8 Å². The van der Waals surface area contributed by atoms with Crippen molar-refractivity contribution in [3.05, 3.63) is 53.6 Å². The van der Waals surface area contributed by atoms with Crippen LogP contribution < -0.4 is 4.74 Å². The number of carbonyl (C=O) groups excluding carboxylic acids is 3. The minimum atomic E-state index is -0.807. The number of benzene rings is 2. The normalized spacial score (nSPS) is 14.0. The number of carbonyl (C=O) groups is 3. The van der Waals surface area contributed by atoms with Gasteiger partial charge in [0, 0.05) is 43.4 Å². The lowest BCUT2D eigenvalue weighted by Crippen LogP contribution is -2.37. The van der Waals surface area contributed by atoms with E-state index in [-0.39, 0.29) is 41.2 Å². The topological polar surface area (TPSA) is 117 Å². The lowest BCUT2D eigenvalue weighted by molar-refractivity contribution is 0.0718. The van der Waals surface area contributed by atoms with Gasteiger partial charge in [0.2, 0.25) is 0 Å². The van der Waals surface area contributed by atoms with E-state index in [0.717, 1.165) is 6.07 Å². The third-order valence-corrected chi connectivity index (χ3v) is 4.78. The maximum absolute atomic E-state index is 12.8. The van der Waals surface area contributed by atoms with Crippen molar-refractivity contribution in [2.45, 2.75) is 13.3 Å². The number of ether oxygens (including phenoxy) is 2. The maximum atomic E-state index is 12.8. The summed E-state index contributed by atoms with van der Waals surface area (Å²) in [5.41, 5.74) is 0.628. The molecule has 9 heteroatoms. The Balaban J connectivity index is 1.61. The molecule has 0 radical (unpaired) electrons. The summed E-state index contributed by atoms with van der Waals surface area (Å²) in [4.78, 5) is 40.2. The molecular formula is C22H24N2O7. The summed E-state index contributed by atoms with van der Waals surface area (Å²) in [6, 6.07) is 9.94. The first-order chi connectivity index (χ1) is 14.9. The maximum Gasteiger partial charge on any atom is 0.513 e. The van der Waals surface area contributed by atoms with Crippen molar-refractivity contribution in [1.82, 2.24) is 9.80 Å². The van der Waals surface area contributed by atoms with Gasteiger partial charge in [-0.25, -0.2) is 4.79 Å². The second-order valence-corrected chi connectivity index (χ2v) is 6.99. The number of hydrogen-bond donors (Lipinski definition) is 2. The van der Waals surface area contributed by atoms with Crippen LogP contribution in [0.15, 0.2) is 42.5 Å². The number of rotatable bonds is 4. The average Bonchev–Trinajstić information content (AvgIpc) is 2.99. The molecule has 2 amide bonds. The van der Waals surface area contributed by atoms with Gasteiger partial charge in [0.25, 0.3) is 11.8 Å². The van der Waals surface area contributed by atoms with Gasteiger partial charge in [-0.3, -0.25) is 9.59 Å². The Morgan fingerprint density at radius 2 is 1.39 bits per heavy atom. The number of phenolic OH excluding ortho intramolecular Hbond substituents is 2. The van der Waals surface area contributed by atoms with E-state index in [4.69, 9.17) is 9.47 Å². The Morgan fingerprint density at radius 3 is 1.94 bits per heavy atom. The zero-order chi connectivity index (χ0) is 22.4. The van der Waals surface area contributed by atoms with E-state index >= 15 is 0 Å². The summed E-state index contributed by atoms with van der Waals surface area (Å²) in [7, 11) is 0. The summed E-state index contributed by atoms with van der Waals surface area (Å²) in [5, 5.41) is 19.2. The van der Waals surface area contributed by atoms with E-state index in [1.807, 2.05) is 0 Å². The molecule has 0 aromatic heterocycles. The lowest BCUT2D eigenvalue weighted by atomic mass is 10.1. The highest BCUT2D eigenvalue weighted by molar-refractivity contribution is 5.96. The van der Waals surface area contributed by atoms with Gasteiger partial charge < -0.3 is 29.5 Å². The SMILES string of the molecule is CCOC(=O)Oc1ccc(C(=O)N2CCCN(C(=O)c3cc(O)cc(O)c3)CC2)cc1. The van der Waals surface area contributed by atoms with Gasteiger partial charge in [-0.15, -0.1) is 0 Å². The Labute approximate surface area is 179 Å². The molecule has 2 N–H and O–H groups in total. The second-order valence-electron chi connectivity index (χ2n) is 6.99. The molecule has 0 spiro atoms. The van der Waals surface area contributed by atoms with Crippen LogP contribution in [0.1, 0.15) is 34.1 Å². The van der Waals surface area contributed by atoms with Gasteiger partial charge in [0.05, 0.1) is 6.61 Å². The molecule has 2 aromatic rings. The predicted octanol–water partition coefficient (Wildman–Crippen LogP) is 2.62. The predicted molar refractivity (Wildman–Crippen MR) is 110 cm³/mol. The molecule has 0 saturated carbocycles. The quantitative estimate of drug-likeness (QED) is 0.568. The second kappa shape index (κ2) is 9.84. The van der Waals surface area contributed by atoms with Crippen molar-refractivity contribution in [2.24, 2.45) is 0 Å². The Kier molecular flexibility index (Phi) is 6.96. The van der Waals surface area contributed by atoms with Gasteiger partial charge in [-0.1, -0.05) is 0 Å². The molecule has 1 aliphatic heterocycles. The smallest absolute Gasteiger partial charge is 0.508 e. The minimum Gasteiger partial charge on any atom is -0.508 e. The molecule has 1 heterocycles. The Hall–Kier alpha value is -3.75. The summed E-state index contributed by atoms with van der Waals surface area (Å²) in [6.45, 7) is 3.48. The first-order valence-corrected chi connectivity index (χ1v) is 9.93. The van der Waals surface area contributed by atoms with Gasteiger partial charge >= 0.3 is 6.16 Å². The summed E-state index contributed by atoms with van der Waals surface area (Å²) >= 11 is 0. The summed E-state index contributed by atoms with van der Waals surface area (Å²) < 4.78 is 9.70. The van der Waals surface area contributed by atoms with Gasteiger partial charge in [0.1, 0.15) is 17.2 Å². The van der Waals surface area contributed by atoms with Crippen molar-refractivity contribution in [3.8, 4) is 17.2 Å². The van der Waals surface area contributed by atoms with Crippen molar-refractivity contribution < 1.29 is 34.1 Å². The molecule has 0 bridgehead atoms. The van der Waals surface area contributed by atoms with E-state index in [1.165, 1.54) is 24.3 Å². The molecule has 1 saturated heterocycles. The molecule has 0 unspecified atom stereocenters. The highest BCUT2D eigenvalue weighted by Crippen LogP contribution is 2.22. The van der Waals surface area contributed by atoms with E-state index in [2.05, 4.69) is 0 Å². The minimum absolute atomic E-state index is 0.188. The molecular weight excluding hydrogens is 404 g/mol. The molecule has 31 heavy (non-hydrogen) atoms. The number of phenols is 2. The van der Waals surface area contributed by atoms with E-state index in [1.54, 1.807) is 28.9 Å². The third-order valence-electron chi connectivity index (χ3n) is 4.78. The van der Waals surface area contributed by atoms with Crippen LogP contribution in [0.25, 0.3) is 0 Å². The van der Waals surface area contributed by atoms with Crippen molar-refractivity contribution in [3.63, 3.8) is 0 Å². The zero-order valence-electron chi connectivity index (χ0n) is 17.1. The number of nitrogens with zero attached hydrogens (tertiary/aromatic N) is 2. The summed E-state index contributed by atoms with van der Waals surface area (Å²) in [5.74, 6) is -0.610. The van der Waals surface area contributed by atoms with Crippen LogP contribution in [0.2, 0.25) is 0 Å². The van der Waals surface area contributed by atoms with Crippen LogP contribution >= 0.6 is 0 Å². The first kappa shape index (κ1) is 21.9. The molecule has 3 rings (SSSR count). The molecule has 9 nitrogen and oxygen atoms in total. The van der Waals surface area contributed by atoms with Crippen molar-refractivity contribution >= 4 is 18.0 Å². The van der Waals surface area contributed by atoms with Gasteiger partial charge in [-0.05, 0) is 49.7 Å². The van der Waals surface area contributed by atoms with E-state index in [0.29, 0.717) is 38.2 Å². The van der Waals surface area contributed by atoms with Crippen molar-refractivity contribution in [1.29, 1.82) is 0 Å². The number of amides is 2. The van der Waals surface area contributed by atoms with Crippen LogP contribution in [0.3, 0.4) is 0 Å². The van der Waals surface area contributed by atoms with Crippen LogP contribution in [0.5, 0.6) is 17.2 Å². The standard InChI is InChI=1S/C22H24N2O7/c1-2-30-22(29)31-19-6-4-15(5-7-19)20(27)23-8-3-9-24(11-10-23)21(28)16-12-17(25)14-18(26)13-16/h4-7,12-14,25-26H,2-3,8-11H2,1H3. The Morgan fingerprint density at radius 1 is 0.839 bits per heavy atom. The Bertz CT molecular complexity index is 939. The summed E-state index contributed by atoms with van der Waals surface area (Å²) in [6.07, 6.45) is -0.217. The molecule has 0 aliphatic carbocycles. The fourth-order valence-corrected chi connectivity index (χ4v) is 3.32. The van der Waals surface area contributed by atoms with Crippen molar-refractivity contribution in [2.75, 3.05) is 32.8 Å². The monoisotopic (exact) mass is 428 g/mol. The molecule has 1 fully saturated rings. The van der Waals surface area contributed by atoms with Crippen LogP contribution in [0.4, 0.5) is 4.79 Å². The largest absolute Gasteiger partial charge is 0.513 e. The van der Waals surface area contributed by atoms with Gasteiger partial charge in [0.15, 0.2) is 0 Å². The first-order valence-electron chi connectivity index (χ1n) is 9.93. The van der Waals surface area contributed by atoms with Gasteiger partial charge in [-0.2, -0.15) is 0 Å². The van der Waals surface area contributed by atoms with E-state index in [9.17, 15) is 24.6 Å². The molecule has 0 atom stereocenters. The lowest BCUT2D eigenvalue weighted by Gasteiger charge is -2.22. The fraction of sp³-hybridized carbons (Fsp3) is 0.318. The fourth-order valence-electron chi connectivity index (χ4n) is 3.32. The highest BCUT2D eigenvalue weighted by atomic mass is 16.7.